The molecule has 2 N–H and O–H groups in total. The van der Waals surface area contributed by atoms with Gasteiger partial charge in [0.05, 0.1) is 11.3 Å². The number of nitrogens with one attached hydrogen (secondary N) is 2. The Labute approximate surface area is 139 Å². The van der Waals surface area contributed by atoms with Crippen LogP contribution in [0.4, 0.5) is 30.6 Å². The lowest BCUT2D eigenvalue weighted by Gasteiger charge is -2.14. The van der Waals surface area contributed by atoms with Gasteiger partial charge >= 0.3 is 6.18 Å². The Morgan fingerprint density at radius 2 is 1.83 bits per heavy atom. The second-order valence-electron chi connectivity index (χ2n) is 6.00. The lowest BCUT2D eigenvalue weighted by atomic mass is 10.1. The molecule has 0 atom stereocenters. The van der Waals surface area contributed by atoms with Gasteiger partial charge in [0, 0.05) is 18.3 Å². The summed E-state index contributed by atoms with van der Waals surface area (Å²) in [6.45, 7) is 6.75. The highest BCUT2D eigenvalue weighted by Crippen LogP contribution is 2.35. The number of anilines is 3. The fourth-order valence-electron chi connectivity index (χ4n) is 2.16. The Balaban J connectivity index is 2.20. The van der Waals surface area contributed by atoms with Crippen LogP contribution in [0.1, 0.15) is 31.5 Å². The second-order valence-corrected chi connectivity index (χ2v) is 6.00. The number of alkyl halides is 3. The minimum absolute atomic E-state index is 0.0660. The Morgan fingerprint density at radius 1 is 1.12 bits per heavy atom. The highest BCUT2D eigenvalue weighted by atomic mass is 19.4. The van der Waals surface area contributed by atoms with Crippen molar-refractivity contribution in [1.29, 1.82) is 0 Å². The standard InChI is InChI=1S/C17H21F3N4/c1-11(2)8-9-21-15-10-12(3)22-16(24-15)23-14-7-5-4-6-13(14)17(18,19)20/h4-7,10-11H,8-9H2,1-3H3,(H2,21,22,23,24). The predicted molar refractivity (Wildman–Crippen MR) is 89.4 cm³/mol. The van der Waals surface area contributed by atoms with Crippen molar-refractivity contribution in [3.63, 3.8) is 0 Å². The molecule has 2 rings (SSSR count). The molecule has 0 bridgehead atoms. The van der Waals surface area contributed by atoms with Crippen molar-refractivity contribution in [2.45, 2.75) is 33.4 Å². The third kappa shape index (κ3) is 5.11. The van der Waals surface area contributed by atoms with E-state index >= 15 is 0 Å². The predicted octanol–water partition coefficient (Wildman–Crippen LogP) is 5.01. The van der Waals surface area contributed by atoms with E-state index in [2.05, 4.69) is 34.4 Å². The van der Waals surface area contributed by atoms with E-state index in [1.165, 1.54) is 18.2 Å². The van der Waals surface area contributed by atoms with E-state index in [0.717, 1.165) is 19.0 Å². The smallest absolute Gasteiger partial charge is 0.370 e. The van der Waals surface area contributed by atoms with Crippen molar-refractivity contribution in [2.75, 3.05) is 17.2 Å². The highest BCUT2D eigenvalue weighted by molar-refractivity contribution is 5.60. The molecule has 0 aliphatic rings. The van der Waals surface area contributed by atoms with Crippen LogP contribution in [0.25, 0.3) is 0 Å². The average molecular weight is 338 g/mol. The third-order valence-electron chi connectivity index (χ3n) is 3.36. The van der Waals surface area contributed by atoms with Gasteiger partial charge in [0.1, 0.15) is 5.82 Å². The van der Waals surface area contributed by atoms with Gasteiger partial charge in [-0.25, -0.2) is 4.98 Å². The van der Waals surface area contributed by atoms with Gasteiger partial charge in [-0.05, 0) is 31.4 Å². The number of nitrogens with zero attached hydrogens (tertiary/aromatic N) is 2. The summed E-state index contributed by atoms with van der Waals surface area (Å²) >= 11 is 0. The van der Waals surface area contributed by atoms with Crippen LogP contribution in [0, 0.1) is 12.8 Å². The van der Waals surface area contributed by atoms with Gasteiger partial charge in [-0.15, -0.1) is 0 Å². The number of rotatable bonds is 6. The first kappa shape index (κ1) is 18.0. The second kappa shape index (κ2) is 7.51. The molecule has 0 aliphatic heterocycles. The Bertz CT molecular complexity index is 684. The van der Waals surface area contributed by atoms with Crippen molar-refractivity contribution in [3.05, 3.63) is 41.6 Å². The van der Waals surface area contributed by atoms with Crippen LogP contribution >= 0.6 is 0 Å². The summed E-state index contributed by atoms with van der Waals surface area (Å²) in [5.74, 6) is 1.28. The zero-order valence-electron chi connectivity index (χ0n) is 13.9. The molecule has 0 unspecified atom stereocenters. The topological polar surface area (TPSA) is 49.8 Å². The molecule has 130 valence electrons. The van der Waals surface area contributed by atoms with E-state index < -0.39 is 11.7 Å². The Morgan fingerprint density at radius 3 is 2.50 bits per heavy atom. The van der Waals surface area contributed by atoms with Crippen molar-refractivity contribution in [1.82, 2.24) is 9.97 Å². The maximum absolute atomic E-state index is 13.1. The van der Waals surface area contributed by atoms with E-state index in [9.17, 15) is 13.2 Å². The van der Waals surface area contributed by atoms with Crippen LogP contribution in [0.15, 0.2) is 30.3 Å². The third-order valence-corrected chi connectivity index (χ3v) is 3.36. The molecule has 0 saturated heterocycles. The Hall–Kier alpha value is -2.31. The number of benzene rings is 1. The monoisotopic (exact) mass is 338 g/mol. The maximum Gasteiger partial charge on any atom is 0.418 e. The van der Waals surface area contributed by atoms with Gasteiger partial charge in [-0.1, -0.05) is 26.0 Å². The molecule has 0 aliphatic carbocycles. The zero-order valence-corrected chi connectivity index (χ0v) is 13.9. The van der Waals surface area contributed by atoms with Crippen LogP contribution in [-0.2, 0) is 6.18 Å². The first-order valence-corrected chi connectivity index (χ1v) is 7.78. The molecule has 2 aromatic rings. The van der Waals surface area contributed by atoms with Gasteiger partial charge in [0.15, 0.2) is 0 Å². The summed E-state index contributed by atoms with van der Waals surface area (Å²) in [7, 11) is 0. The van der Waals surface area contributed by atoms with E-state index in [0.29, 0.717) is 17.4 Å². The van der Waals surface area contributed by atoms with Gasteiger partial charge in [0.25, 0.3) is 0 Å². The van der Waals surface area contributed by atoms with E-state index in [1.54, 1.807) is 13.0 Å². The molecule has 0 fully saturated rings. The summed E-state index contributed by atoms with van der Waals surface area (Å²) in [5.41, 5.74) is -0.141. The zero-order chi connectivity index (χ0) is 17.7. The molecule has 24 heavy (non-hydrogen) atoms. The van der Waals surface area contributed by atoms with Crippen molar-refractivity contribution in [3.8, 4) is 0 Å². The fraction of sp³-hybridized carbons (Fsp3) is 0.412. The number of hydrogen-bond acceptors (Lipinski definition) is 4. The van der Waals surface area contributed by atoms with Crippen LogP contribution in [0.3, 0.4) is 0 Å². The lowest BCUT2D eigenvalue weighted by molar-refractivity contribution is -0.136. The minimum Gasteiger partial charge on any atom is -0.370 e. The summed E-state index contributed by atoms with van der Waals surface area (Å²) in [5, 5.41) is 5.85. The largest absolute Gasteiger partial charge is 0.418 e. The summed E-state index contributed by atoms with van der Waals surface area (Å²) < 4.78 is 39.2. The van der Waals surface area contributed by atoms with Crippen molar-refractivity contribution >= 4 is 17.5 Å². The summed E-state index contributed by atoms with van der Waals surface area (Å²) in [6.07, 6.45) is -3.46. The summed E-state index contributed by atoms with van der Waals surface area (Å²) in [6, 6.07) is 7.04. The average Bonchev–Trinajstić information content (AvgIpc) is 2.45. The first-order valence-electron chi connectivity index (χ1n) is 7.78. The van der Waals surface area contributed by atoms with E-state index in [-0.39, 0.29) is 11.6 Å². The molecule has 1 aromatic carbocycles. The van der Waals surface area contributed by atoms with E-state index in [1.807, 2.05) is 0 Å². The maximum atomic E-state index is 13.1. The number of aryl methyl sites for hydroxylation is 1. The fourth-order valence-corrected chi connectivity index (χ4v) is 2.16. The van der Waals surface area contributed by atoms with Gasteiger partial charge in [-0.3, -0.25) is 0 Å². The van der Waals surface area contributed by atoms with Gasteiger partial charge < -0.3 is 10.6 Å². The van der Waals surface area contributed by atoms with Crippen LogP contribution in [-0.4, -0.2) is 16.5 Å². The van der Waals surface area contributed by atoms with E-state index in [4.69, 9.17) is 0 Å². The molecule has 1 heterocycles. The molecule has 0 radical (unpaired) electrons. The number of hydrogen-bond donors (Lipinski definition) is 2. The molecule has 0 saturated carbocycles. The molecule has 4 nitrogen and oxygen atoms in total. The van der Waals surface area contributed by atoms with Gasteiger partial charge in [0.2, 0.25) is 5.95 Å². The van der Waals surface area contributed by atoms with Crippen molar-refractivity contribution < 1.29 is 13.2 Å². The lowest BCUT2D eigenvalue weighted by Crippen LogP contribution is -2.11. The van der Waals surface area contributed by atoms with Crippen molar-refractivity contribution in [2.24, 2.45) is 5.92 Å². The minimum atomic E-state index is -4.44. The highest BCUT2D eigenvalue weighted by Gasteiger charge is 2.33. The van der Waals surface area contributed by atoms with Gasteiger partial charge in [-0.2, -0.15) is 18.2 Å². The Kier molecular flexibility index (Phi) is 5.64. The number of halogens is 3. The summed E-state index contributed by atoms with van der Waals surface area (Å²) in [4.78, 5) is 8.41. The number of aromatic nitrogens is 2. The molecule has 0 amide bonds. The quantitative estimate of drug-likeness (QED) is 0.778. The number of para-hydroxylation sites is 1. The normalized spacial score (nSPS) is 11.6. The molecule has 0 spiro atoms. The molecule has 1 aromatic heterocycles. The van der Waals surface area contributed by atoms with Crippen LogP contribution in [0.5, 0.6) is 0 Å². The SMILES string of the molecule is Cc1cc(NCCC(C)C)nc(Nc2ccccc2C(F)(F)F)n1. The van der Waals surface area contributed by atoms with Crippen LogP contribution < -0.4 is 10.6 Å². The first-order chi connectivity index (χ1) is 11.3. The molecule has 7 heteroatoms. The molecular weight excluding hydrogens is 317 g/mol. The van der Waals surface area contributed by atoms with Crippen LogP contribution in [0.2, 0.25) is 0 Å². The molecular formula is C17H21F3N4.